The fraction of sp³-hybridized carbons (Fsp3) is 0.0833. The van der Waals surface area contributed by atoms with E-state index in [4.69, 9.17) is 9.97 Å². The van der Waals surface area contributed by atoms with Gasteiger partial charge in [-0.2, -0.15) is 0 Å². The first-order chi connectivity index (χ1) is 13.7. The molecule has 3 aromatic rings. The summed E-state index contributed by atoms with van der Waals surface area (Å²) in [6.07, 6.45) is 8.09. The number of aryl methyl sites for hydroxylation is 2. The second-order valence-corrected chi connectivity index (χ2v) is 6.85. The van der Waals surface area contributed by atoms with Crippen LogP contribution in [0, 0.1) is 12.1 Å². The van der Waals surface area contributed by atoms with Crippen LogP contribution in [0.3, 0.4) is 0 Å². The van der Waals surface area contributed by atoms with Crippen molar-refractivity contribution in [2.45, 2.75) is 0 Å². The molecule has 144 valence electrons. The van der Waals surface area contributed by atoms with Crippen molar-refractivity contribution in [2.75, 3.05) is 0 Å². The summed E-state index contributed by atoms with van der Waals surface area (Å²) in [7, 11) is 4.01. The maximum absolute atomic E-state index is 4.75. The Balaban J connectivity index is 0.00000205. The van der Waals surface area contributed by atoms with Gasteiger partial charge in [0.05, 0.1) is 0 Å². The predicted octanol–water partition coefficient (Wildman–Crippen LogP) is 4.84. The Morgan fingerprint density at radius 2 is 1.10 bits per heavy atom. The van der Waals surface area contributed by atoms with Gasteiger partial charge in [-0.15, -0.1) is 71.4 Å². The number of hydrogen-bond donors (Lipinski definition) is 0. The number of fused-ring (bicyclic) bond motifs is 8. The molecule has 0 fully saturated rings. The van der Waals surface area contributed by atoms with Crippen LogP contribution in [0.5, 0.6) is 0 Å². The molecule has 4 nitrogen and oxygen atoms in total. The van der Waals surface area contributed by atoms with E-state index in [0.717, 1.165) is 44.8 Å². The summed E-state index contributed by atoms with van der Waals surface area (Å²) in [6, 6.07) is 23.2. The summed E-state index contributed by atoms with van der Waals surface area (Å²) >= 11 is 0. The number of aromatic nitrogens is 4. The van der Waals surface area contributed by atoms with Crippen LogP contribution in [0.2, 0.25) is 0 Å². The van der Waals surface area contributed by atoms with E-state index < -0.39 is 0 Å². The maximum atomic E-state index is 4.75. The van der Waals surface area contributed by atoms with E-state index >= 15 is 0 Å². The van der Waals surface area contributed by atoms with Crippen LogP contribution >= 0.6 is 0 Å². The molecule has 3 heterocycles. The van der Waals surface area contributed by atoms with Crippen LogP contribution in [0.25, 0.3) is 46.1 Å². The summed E-state index contributed by atoms with van der Waals surface area (Å²) in [5.74, 6) is 1.77. The van der Waals surface area contributed by atoms with Crippen molar-refractivity contribution in [3.63, 3.8) is 0 Å². The molecule has 5 rings (SSSR count). The van der Waals surface area contributed by atoms with E-state index in [-0.39, 0.29) is 21.1 Å². The van der Waals surface area contributed by atoms with Gasteiger partial charge in [0.15, 0.2) is 0 Å². The largest absolute Gasteiger partial charge is 2.00 e. The first-order valence-electron chi connectivity index (χ1n) is 9.15. The summed E-state index contributed by atoms with van der Waals surface area (Å²) in [5, 5.41) is 1.96. The van der Waals surface area contributed by atoms with Crippen molar-refractivity contribution < 1.29 is 21.1 Å². The van der Waals surface area contributed by atoms with Gasteiger partial charge in [0.2, 0.25) is 0 Å². The molecule has 0 radical (unpaired) electrons. The van der Waals surface area contributed by atoms with Crippen molar-refractivity contribution in [3.05, 3.63) is 83.7 Å². The maximum Gasteiger partial charge on any atom is 2.00 e. The van der Waals surface area contributed by atoms with E-state index in [1.807, 2.05) is 96.1 Å². The van der Waals surface area contributed by atoms with E-state index in [1.54, 1.807) is 0 Å². The molecule has 0 unspecified atom stereocenters. The summed E-state index contributed by atoms with van der Waals surface area (Å²) in [5.41, 5.74) is 3.73. The zero-order valence-corrected chi connectivity index (χ0v) is 18.3. The molecule has 0 aliphatic carbocycles. The minimum atomic E-state index is 0. The third kappa shape index (κ3) is 3.81. The standard InChI is InChI=1S/C24H18N4.Pt/c1-27-21-7-3-5-17(15-21)13-20-10-12-24(26-20)28(2)22-8-4-6-18(16-22)14-19-9-11-23(27)25-19;/h3-14H,1-2H3;/q-2;+2. The molecule has 2 aromatic carbocycles. The average molecular weight is 558 g/mol. The summed E-state index contributed by atoms with van der Waals surface area (Å²) < 4.78 is 4.08. The molecule has 0 saturated heterocycles. The number of rotatable bonds is 0. The molecule has 0 atom stereocenters. The Labute approximate surface area is 183 Å². The van der Waals surface area contributed by atoms with Gasteiger partial charge >= 0.3 is 21.1 Å². The second-order valence-electron chi connectivity index (χ2n) is 6.85. The Bertz CT molecular complexity index is 1240. The van der Waals surface area contributed by atoms with Crippen LogP contribution in [0.15, 0.2) is 48.5 Å². The summed E-state index contributed by atoms with van der Waals surface area (Å²) in [6.45, 7) is 0. The van der Waals surface area contributed by atoms with Gasteiger partial charge in [0.25, 0.3) is 0 Å². The Kier molecular flexibility index (Phi) is 5.21. The molecule has 5 heteroatoms. The van der Waals surface area contributed by atoms with Crippen LogP contribution in [-0.4, -0.2) is 19.1 Å². The van der Waals surface area contributed by atoms with Crippen molar-refractivity contribution in [2.24, 2.45) is 14.1 Å². The molecular weight excluding hydrogens is 539 g/mol. The average Bonchev–Trinajstić information content (AvgIpc) is 3.36. The molecule has 29 heavy (non-hydrogen) atoms. The number of nitrogens with zero attached hydrogens (tertiary/aromatic N) is 4. The van der Waals surface area contributed by atoms with E-state index in [9.17, 15) is 0 Å². The molecule has 0 saturated carbocycles. The van der Waals surface area contributed by atoms with Crippen LogP contribution < -0.4 is 0 Å². The second kappa shape index (κ2) is 7.80. The van der Waals surface area contributed by atoms with Crippen LogP contribution in [-0.2, 0) is 35.2 Å². The van der Waals surface area contributed by atoms with Crippen molar-refractivity contribution in [1.82, 2.24) is 19.1 Å². The zero-order valence-electron chi connectivity index (χ0n) is 16.0. The fourth-order valence-corrected chi connectivity index (χ4v) is 3.34. The van der Waals surface area contributed by atoms with Gasteiger partial charge in [0.1, 0.15) is 11.6 Å². The topological polar surface area (TPSA) is 35.6 Å². The van der Waals surface area contributed by atoms with Crippen molar-refractivity contribution in [1.29, 1.82) is 0 Å². The molecule has 0 spiro atoms. The van der Waals surface area contributed by atoms with Gasteiger partial charge in [-0.3, -0.25) is 0 Å². The van der Waals surface area contributed by atoms with Crippen LogP contribution in [0.4, 0.5) is 0 Å². The molecule has 0 N–H and O–H groups in total. The van der Waals surface area contributed by atoms with Gasteiger partial charge in [-0.1, -0.05) is 0 Å². The SMILES string of the molecule is Cn1c2nc(cc3[c-]c(ccc3)n(C)c3nc(cc4[c-]c1ccc4)C=C3)C=C2.[Pt+2]. The quantitative estimate of drug-likeness (QED) is 0.256. The normalized spacial score (nSPS) is 11.9. The third-order valence-corrected chi connectivity index (χ3v) is 4.91. The Hall–Kier alpha value is -2.97. The monoisotopic (exact) mass is 557 g/mol. The van der Waals surface area contributed by atoms with Gasteiger partial charge in [-0.05, 0) is 35.3 Å². The predicted molar refractivity (Wildman–Crippen MR) is 115 cm³/mol. The van der Waals surface area contributed by atoms with Crippen molar-refractivity contribution in [3.8, 4) is 0 Å². The van der Waals surface area contributed by atoms with E-state index in [1.165, 1.54) is 0 Å². The number of benzene rings is 2. The van der Waals surface area contributed by atoms with E-state index in [0.29, 0.717) is 0 Å². The third-order valence-electron chi connectivity index (χ3n) is 4.91. The summed E-state index contributed by atoms with van der Waals surface area (Å²) in [4.78, 5) is 9.51. The molecule has 2 aliphatic rings. The minimum absolute atomic E-state index is 0. The van der Waals surface area contributed by atoms with E-state index in [2.05, 4.69) is 12.1 Å². The van der Waals surface area contributed by atoms with Gasteiger partial charge < -0.3 is 9.13 Å². The zero-order chi connectivity index (χ0) is 19.1. The molecular formula is C24H18N4Pt. The number of hydrogen-bond acceptors (Lipinski definition) is 2. The first-order valence-corrected chi connectivity index (χ1v) is 9.15. The van der Waals surface area contributed by atoms with Gasteiger partial charge in [0, 0.05) is 25.5 Å². The minimum Gasteiger partial charge on any atom is -0.347 e. The molecule has 1 aromatic heterocycles. The molecule has 2 aliphatic heterocycles. The first kappa shape index (κ1) is 19.3. The van der Waals surface area contributed by atoms with Crippen molar-refractivity contribution >= 4 is 46.1 Å². The molecule has 0 amide bonds. The smallest absolute Gasteiger partial charge is 0.347 e. The fourth-order valence-electron chi connectivity index (χ4n) is 3.34. The Morgan fingerprint density at radius 3 is 1.55 bits per heavy atom. The van der Waals surface area contributed by atoms with Crippen LogP contribution in [0.1, 0.15) is 23.0 Å². The van der Waals surface area contributed by atoms with Gasteiger partial charge in [-0.25, -0.2) is 9.97 Å². The molecule has 8 bridgehead atoms. The Morgan fingerprint density at radius 1 is 0.655 bits per heavy atom.